The number of benzene rings is 1. The summed E-state index contributed by atoms with van der Waals surface area (Å²) in [5.74, 6) is 0.400. The van der Waals surface area contributed by atoms with Crippen LogP contribution in [0.4, 0.5) is 0 Å². The first-order valence-electron chi connectivity index (χ1n) is 3.74. The summed E-state index contributed by atoms with van der Waals surface area (Å²) >= 11 is 0. The summed E-state index contributed by atoms with van der Waals surface area (Å²) in [6, 6.07) is 7.78. The van der Waals surface area contributed by atoms with Crippen molar-refractivity contribution in [3.05, 3.63) is 35.4 Å². The van der Waals surface area contributed by atoms with Gasteiger partial charge in [0, 0.05) is 18.2 Å². The lowest BCUT2D eigenvalue weighted by Gasteiger charge is -2.09. The highest BCUT2D eigenvalue weighted by molar-refractivity contribution is 6.06. The zero-order chi connectivity index (χ0) is 8.39. The number of hydrogen-bond acceptors (Lipinski definition) is 2. The van der Waals surface area contributed by atoms with Crippen LogP contribution in [0.5, 0.6) is 0 Å². The molecule has 0 saturated carbocycles. The Morgan fingerprint density at radius 2 is 2.17 bits per heavy atom. The van der Waals surface area contributed by atoms with Crippen molar-refractivity contribution in [1.82, 2.24) is 0 Å². The molecule has 12 heavy (non-hydrogen) atoms. The third-order valence-corrected chi connectivity index (χ3v) is 1.88. The van der Waals surface area contributed by atoms with Crippen LogP contribution in [0, 0.1) is 0 Å². The average Bonchev–Trinajstić information content (AvgIpc) is 2.17. The number of hydrogen-bond donors (Lipinski definition) is 1. The Morgan fingerprint density at radius 3 is 3.00 bits per heavy atom. The highest BCUT2D eigenvalue weighted by Crippen LogP contribution is 2.14. The third kappa shape index (κ3) is 0.993. The summed E-state index contributed by atoms with van der Waals surface area (Å²) in [6.07, 6.45) is 2.56. The van der Waals surface area contributed by atoms with Crippen molar-refractivity contribution in [2.24, 2.45) is 10.1 Å². The van der Waals surface area contributed by atoms with Gasteiger partial charge in [0.1, 0.15) is 0 Å². The minimum absolute atomic E-state index is 0.400. The molecule has 0 atom stereocenters. The van der Waals surface area contributed by atoms with E-state index in [0.29, 0.717) is 5.84 Å². The monoisotopic (exact) mass is 160 g/mol. The van der Waals surface area contributed by atoms with E-state index in [4.69, 9.17) is 5.21 Å². The van der Waals surface area contributed by atoms with Crippen LogP contribution in [0.1, 0.15) is 11.1 Å². The molecule has 0 spiro atoms. The predicted octanol–water partition coefficient (Wildman–Crippen LogP) is 1.45. The first kappa shape index (κ1) is 7.03. The van der Waals surface area contributed by atoms with Crippen molar-refractivity contribution < 1.29 is 5.21 Å². The van der Waals surface area contributed by atoms with E-state index in [0.717, 1.165) is 17.5 Å². The maximum absolute atomic E-state index is 8.61. The van der Waals surface area contributed by atoms with Crippen LogP contribution < -0.4 is 0 Å². The van der Waals surface area contributed by atoms with E-state index in [1.807, 2.05) is 24.3 Å². The fourth-order valence-electron chi connectivity index (χ4n) is 1.30. The molecule has 1 N–H and O–H groups in total. The maximum atomic E-state index is 8.61. The van der Waals surface area contributed by atoms with E-state index in [2.05, 4.69) is 10.1 Å². The first-order chi connectivity index (χ1) is 5.92. The summed E-state index contributed by atoms with van der Waals surface area (Å²) in [4.78, 5) is 3.96. The van der Waals surface area contributed by atoms with Crippen molar-refractivity contribution in [3.63, 3.8) is 0 Å². The van der Waals surface area contributed by atoms with E-state index in [9.17, 15) is 0 Å². The quantitative estimate of drug-likeness (QED) is 0.453. The van der Waals surface area contributed by atoms with Gasteiger partial charge in [-0.2, -0.15) is 0 Å². The fraction of sp³-hybridized carbons (Fsp3) is 0.111. The lowest BCUT2D eigenvalue weighted by Crippen LogP contribution is -2.08. The van der Waals surface area contributed by atoms with Gasteiger partial charge in [0.05, 0.1) is 0 Å². The van der Waals surface area contributed by atoms with Crippen LogP contribution >= 0.6 is 0 Å². The number of oxime groups is 1. The molecule has 60 valence electrons. The molecule has 0 aliphatic carbocycles. The largest absolute Gasteiger partial charge is 0.409 e. The van der Waals surface area contributed by atoms with E-state index in [1.54, 1.807) is 6.21 Å². The van der Waals surface area contributed by atoms with Crippen molar-refractivity contribution >= 4 is 12.1 Å². The molecule has 0 amide bonds. The van der Waals surface area contributed by atoms with Crippen LogP contribution in [-0.4, -0.2) is 17.3 Å². The Kier molecular flexibility index (Phi) is 1.63. The molecule has 1 heterocycles. The van der Waals surface area contributed by atoms with Gasteiger partial charge in [-0.15, -0.1) is 0 Å². The zero-order valence-corrected chi connectivity index (χ0v) is 6.44. The normalized spacial score (nSPS) is 17.8. The highest BCUT2D eigenvalue weighted by Gasteiger charge is 2.10. The van der Waals surface area contributed by atoms with Crippen molar-refractivity contribution in [2.75, 3.05) is 0 Å². The van der Waals surface area contributed by atoms with Crippen LogP contribution in [0.15, 0.2) is 34.4 Å². The standard InChI is InChI=1S/C9H8N2O/c12-11-9-8-4-2-1-3-7(8)5-6-10-9/h1-4,6,12H,5H2. The average molecular weight is 160 g/mol. The second-order valence-electron chi connectivity index (χ2n) is 2.60. The van der Waals surface area contributed by atoms with Gasteiger partial charge in [-0.1, -0.05) is 29.4 Å². The maximum Gasteiger partial charge on any atom is 0.198 e. The van der Waals surface area contributed by atoms with Gasteiger partial charge in [0.25, 0.3) is 0 Å². The molecule has 1 aromatic rings. The zero-order valence-electron chi connectivity index (χ0n) is 6.44. The molecular formula is C9H8N2O. The van der Waals surface area contributed by atoms with Gasteiger partial charge in [-0.05, 0) is 5.56 Å². The molecule has 0 aromatic heterocycles. The fourth-order valence-corrected chi connectivity index (χ4v) is 1.30. The molecular weight excluding hydrogens is 152 g/mol. The van der Waals surface area contributed by atoms with E-state index in [-0.39, 0.29) is 0 Å². The molecule has 1 aliphatic heterocycles. The molecule has 0 fully saturated rings. The number of aliphatic imine (C=N–C) groups is 1. The second-order valence-corrected chi connectivity index (χ2v) is 2.60. The minimum Gasteiger partial charge on any atom is -0.409 e. The lowest BCUT2D eigenvalue weighted by atomic mass is 10.0. The number of rotatable bonds is 0. The van der Waals surface area contributed by atoms with Gasteiger partial charge in [0.2, 0.25) is 0 Å². The highest BCUT2D eigenvalue weighted by atomic mass is 16.4. The topological polar surface area (TPSA) is 45.0 Å². The SMILES string of the molecule is ON=C1N=CCc2ccccc21. The molecule has 3 heteroatoms. The molecule has 1 aliphatic rings. The number of nitrogens with zero attached hydrogens (tertiary/aromatic N) is 2. The van der Waals surface area contributed by atoms with Gasteiger partial charge in [0.15, 0.2) is 5.84 Å². The summed E-state index contributed by atoms with van der Waals surface area (Å²) in [5.41, 5.74) is 2.07. The van der Waals surface area contributed by atoms with Crippen LogP contribution in [0.3, 0.4) is 0 Å². The molecule has 1 aromatic carbocycles. The third-order valence-electron chi connectivity index (χ3n) is 1.88. The molecule has 3 nitrogen and oxygen atoms in total. The van der Waals surface area contributed by atoms with Crippen LogP contribution in [-0.2, 0) is 6.42 Å². The van der Waals surface area contributed by atoms with Gasteiger partial charge in [-0.25, -0.2) is 4.99 Å². The smallest absolute Gasteiger partial charge is 0.198 e. The second kappa shape index (κ2) is 2.77. The molecule has 0 unspecified atom stereocenters. The van der Waals surface area contributed by atoms with Crippen molar-refractivity contribution in [1.29, 1.82) is 0 Å². The summed E-state index contributed by atoms with van der Waals surface area (Å²) in [5, 5.41) is 11.7. The van der Waals surface area contributed by atoms with E-state index >= 15 is 0 Å². The molecule has 0 saturated heterocycles. The molecule has 0 bridgehead atoms. The molecule has 0 radical (unpaired) electrons. The predicted molar refractivity (Wildman–Crippen MR) is 47.0 cm³/mol. The summed E-state index contributed by atoms with van der Waals surface area (Å²) in [7, 11) is 0. The Morgan fingerprint density at radius 1 is 1.33 bits per heavy atom. The number of fused-ring (bicyclic) bond motifs is 1. The Bertz CT molecular complexity index is 355. The van der Waals surface area contributed by atoms with E-state index < -0.39 is 0 Å². The summed E-state index contributed by atoms with van der Waals surface area (Å²) in [6.45, 7) is 0. The Balaban J connectivity index is 2.58. The van der Waals surface area contributed by atoms with Gasteiger partial charge >= 0.3 is 0 Å². The molecule has 2 rings (SSSR count). The minimum atomic E-state index is 0.400. The van der Waals surface area contributed by atoms with Crippen LogP contribution in [0.25, 0.3) is 0 Å². The lowest BCUT2D eigenvalue weighted by molar-refractivity contribution is 0.318. The number of amidine groups is 1. The first-order valence-corrected chi connectivity index (χ1v) is 3.74. The van der Waals surface area contributed by atoms with Crippen LogP contribution in [0.2, 0.25) is 0 Å². The van der Waals surface area contributed by atoms with Gasteiger partial charge < -0.3 is 5.21 Å². The van der Waals surface area contributed by atoms with Gasteiger partial charge in [-0.3, -0.25) is 0 Å². The van der Waals surface area contributed by atoms with Crippen molar-refractivity contribution in [2.45, 2.75) is 6.42 Å². The Hall–Kier alpha value is -1.64. The summed E-state index contributed by atoms with van der Waals surface area (Å²) < 4.78 is 0. The van der Waals surface area contributed by atoms with Crippen molar-refractivity contribution in [3.8, 4) is 0 Å². The Labute approximate surface area is 70.1 Å². The van der Waals surface area contributed by atoms with E-state index in [1.165, 1.54) is 0 Å².